The van der Waals surface area contributed by atoms with Crippen LogP contribution in [0.25, 0.3) is 76.2 Å². The fourth-order valence-corrected chi connectivity index (χ4v) is 11.8. The maximum absolute atomic E-state index is 6.86. The fraction of sp³-hybridized carbons (Fsp3) is 0.161. The maximum Gasteiger partial charge on any atom is 0.159 e. The van der Waals surface area contributed by atoms with E-state index in [-0.39, 0.29) is 5.41 Å². The first-order chi connectivity index (χ1) is 32.0. The van der Waals surface area contributed by atoms with Crippen molar-refractivity contribution in [3.63, 3.8) is 0 Å². The average Bonchev–Trinajstić information content (AvgIpc) is 3.88. The minimum atomic E-state index is -0.0554. The van der Waals surface area contributed by atoms with Gasteiger partial charge in [0, 0.05) is 49.1 Å². The van der Waals surface area contributed by atoms with Gasteiger partial charge in [-0.15, -0.1) is 0 Å². The van der Waals surface area contributed by atoms with Crippen molar-refractivity contribution >= 4 is 110 Å². The van der Waals surface area contributed by atoms with Crippen LogP contribution in [0, 0.1) is 34.6 Å². The molecule has 4 nitrogen and oxygen atoms in total. The molecule has 10 aromatic carbocycles. The Labute approximate surface area is 384 Å². The first-order valence-electron chi connectivity index (χ1n) is 23.4. The zero-order chi connectivity index (χ0) is 44.7. The Morgan fingerprint density at radius 3 is 1.47 bits per heavy atom. The molecule has 0 spiro atoms. The quantitative estimate of drug-likeness (QED) is 0.156. The van der Waals surface area contributed by atoms with Gasteiger partial charge in [0.2, 0.25) is 0 Å². The van der Waals surface area contributed by atoms with Crippen molar-refractivity contribution in [1.29, 1.82) is 0 Å². The topological polar surface area (TPSA) is 32.8 Å². The predicted molar refractivity (Wildman–Crippen MR) is 279 cm³/mol. The highest BCUT2D eigenvalue weighted by molar-refractivity contribution is 6.31. The Morgan fingerprint density at radius 1 is 0.409 bits per heavy atom. The van der Waals surface area contributed by atoms with E-state index in [0.29, 0.717) is 0 Å². The van der Waals surface area contributed by atoms with Gasteiger partial charge < -0.3 is 18.6 Å². The number of furan rings is 2. The number of rotatable bonds is 6. The van der Waals surface area contributed by atoms with Crippen molar-refractivity contribution in [1.82, 2.24) is 0 Å². The number of hydrogen-bond acceptors (Lipinski definition) is 4. The van der Waals surface area contributed by atoms with Crippen LogP contribution >= 0.6 is 0 Å². The summed E-state index contributed by atoms with van der Waals surface area (Å²) in [5.41, 5.74) is 19.0. The van der Waals surface area contributed by atoms with Gasteiger partial charge in [0.05, 0.1) is 22.7 Å². The summed E-state index contributed by atoms with van der Waals surface area (Å²) in [7, 11) is 0. The van der Waals surface area contributed by atoms with Crippen molar-refractivity contribution < 1.29 is 8.83 Å². The molecule has 0 unspecified atom stereocenters. The van der Waals surface area contributed by atoms with Crippen molar-refractivity contribution in [3.05, 3.63) is 191 Å². The van der Waals surface area contributed by atoms with Crippen molar-refractivity contribution in [2.45, 2.75) is 66.7 Å². The molecule has 0 saturated heterocycles. The standard InChI is InChI=1S/C62H50N2O2/c1-35-26-36(2)29-41(28-35)63(51-18-12-16-46-44-14-8-10-20-55(44)65-60(46)51)53-32-39(5)43-22-23-48-54(33-40-24-25-62(6,7)50-34-49(53)58(43)59(48)57(40)50)64(42-30-37(3)27-38(4)31-42)52-19-13-17-47-45-15-9-11-21-56(45)66-61(47)52/h8-23,26-34H,24-25H2,1-7H3. The Balaban J connectivity index is 1.17. The molecule has 0 bridgehead atoms. The van der Waals surface area contributed by atoms with Gasteiger partial charge in [-0.05, 0) is 175 Å². The average molecular weight is 855 g/mol. The van der Waals surface area contributed by atoms with Crippen LogP contribution in [0.4, 0.5) is 34.1 Å². The second kappa shape index (κ2) is 14.0. The fourth-order valence-electron chi connectivity index (χ4n) is 11.8. The molecule has 12 aromatic rings. The van der Waals surface area contributed by atoms with Crippen LogP contribution in [0.15, 0.2) is 160 Å². The first-order valence-corrected chi connectivity index (χ1v) is 23.4. The van der Waals surface area contributed by atoms with Gasteiger partial charge in [0.25, 0.3) is 0 Å². The number of anilines is 6. The Morgan fingerprint density at radius 2 is 0.909 bits per heavy atom. The van der Waals surface area contributed by atoms with Crippen LogP contribution in [-0.4, -0.2) is 0 Å². The summed E-state index contributed by atoms with van der Waals surface area (Å²) in [6.07, 6.45) is 2.04. The van der Waals surface area contributed by atoms with Gasteiger partial charge in [0.1, 0.15) is 11.2 Å². The molecule has 0 aliphatic heterocycles. The van der Waals surface area contributed by atoms with Crippen LogP contribution in [0.2, 0.25) is 0 Å². The molecule has 0 fully saturated rings. The maximum atomic E-state index is 6.86. The van der Waals surface area contributed by atoms with Gasteiger partial charge in [0.15, 0.2) is 11.2 Å². The van der Waals surface area contributed by atoms with Crippen LogP contribution in [0.5, 0.6) is 0 Å². The summed E-state index contributed by atoms with van der Waals surface area (Å²) < 4.78 is 13.7. The van der Waals surface area contributed by atoms with Gasteiger partial charge in [-0.1, -0.05) is 98.8 Å². The molecule has 2 aromatic heterocycles. The van der Waals surface area contributed by atoms with E-state index in [0.717, 1.165) is 90.8 Å². The van der Waals surface area contributed by atoms with Crippen molar-refractivity contribution in [2.24, 2.45) is 0 Å². The molecular weight excluding hydrogens is 805 g/mol. The lowest BCUT2D eigenvalue weighted by Gasteiger charge is -2.37. The summed E-state index contributed by atoms with van der Waals surface area (Å²) in [6, 6.07) is 56.2. The molecular formula is C62H50N2O2. The number of aryl methyl sites for hydroxylation is 6. The van der Waals surface area contributed by atoms with E-state index < -0.39 is 0 Å². The van der Waals surface area contributed by atoms with E-state index in [4.69, 9.17) is 8.83 Å². The molecule has 1 aliphatic rings. The van der Waals surface area contributed by atoms with E-state index in [1.165, 1.54) is 71.3 Å². The van der Waals surface area contributed by atoms with Crippen molar-refractivity contribution in [3.8, 4) is 0 Å². The summed E-state index contributed by atoms with van der Waals surface area (Å²) >= 11 is 0. The van der Waals surface area contributed by atoms with E-state index in [2.05, 4.69) is 210 Å². The van der Waals surface area contributed by atoms with Gasteiger partial charge >= 0.3 is 0 Å². The zero-order valence-electron chi connectivity index (χ0n) is 38.6. The van der Waals surface area contributed by atoms with Crippen LogP contribution in [0.3, 0.4) is 0 Å². The normalized spacial score (nSPS) is 13.7. The number of para-hydroxylation sites is 4. The number of nitrogens with zero attached hydrogens (tertiary/aromatic N) is 2. The smallest absolute Gasteiger partial charge is 0.159 e. The van der Waals surface area contributed by atoms with E-state index in [9.17, 15) is 0 Å². The molecule has 2 heterocycles. The summed E-state index contributed by atoms with van der Waals surface area (Å²) in [5.74, 6) is 0. The van der Waals surface area contributed by atoms with Crippen LogP contribution in [-0.2, 0) is 11.8 Å². The molecule has 0 amide bonds. The Kier molecular flexibility index (Phi) is 8.23. The van der Waals surface area contributed by atoms with Crippen molar-refractivity contribution in [2.75, 3.05) is 9.80 Å². The highest BCUT2D eigenvalue weighted by Gasteiger charge is 2.34. The molecule has 0 atom stereocenters. The first kappa shape index (κ1) is 38.9. The molecule has 1 aliphatic carbocycles. The molecule has 0 saturated carbocycles. The van der Waals surface area contributed by atoms with Gasteiger partial charge in [-0.3, -0.25) is 0 Å². The third-order valence-corrected chi connectivity index (χ3v) is 14.7. The lowest BCUT2D eigenvalue weighted by atomic mass is 9.70. The highest BCUT2D eigenvalue weighted by atomic mass is 16.3. The molecule has 0 radical (unpaired) electrons. The lowest BCUT2D eigenvalue weighted by molar-refractivity contribution is 0.475. The monoisotopic (exact) mass is 854 g/mol. The van der Waals surface area contributed by atoms with E-state index in [1.807, 2.05) is 0 Å². The molecule has 66 heavy (non-hydrogen) atoms. The number of benzene rings is 10. The summed E-state index contributed by atoms with van der Waals surface area (Å²) in [6.45, 7) is 16.0. The van der Waals surface area contributed by atoms with E-state index in [1.54, 1.807) is 0 Å². The molecule has 13 rings (SSSR count). The number of hydrogen-bond donors (Lipinski definition) is 0. The summed E-state index contributed by atoms with van der Waals surface area (Å²) in [5, 5.41) is 12.3. The molecule has 0 N–H and O–H groups in total. The second-order valence-corrected chi connectivity index (χ2v) is 19.8. The third-order valence-electron chi connectivity index (χ3n) is 14.7. The Hall–Kier alpha value is -7.56. The zero-order valence-corrected chi connectivity index (χ0v) is 38.6. The summed E-state index contributed by atoms with van der Waals surface area (Å²) in [4.78, 5) is 4.97. The largest absolute Gasteiger partial charge is 0.454 e. The minimum absolute atomic E-state index is 0.0554. The van der Waals surface area contributed by atoms with E-state index >= 15 is 0 Å². The SMILES string of the molecule is Cc1cc(C)cc(N(c2cc(C)c3ccc4c(N(c5cc(C)cc(C)c5)c5cccc6c5oc5ccccc56)cc5c6c(cc2c3c46)C(C)(C)CC5)c2cccc3c2oc2ccccc23)c1. The Bertz CT molecular complexity index is 3950. The minimum Gasteiger partial charge on any atom is -0.454 e. The molecule has 4 heteroatoms. The van der Waals surface area contributed by atoms with Crippen LogP contribution < -0.4 is 9.80 Å². The number of fused-ring (bicyclic) bond motifs is 6. The second-order valence-electron chi connectivity index (χ2n) is 19.8. The van der Waals surface area contributed by atoms with Crippen LogP contribution in [0.1, 0.15) is 59.2 Å². The lowest BCUT2D eigenvalue weighted by Crippen LogP contribution is -2.24. The molecule has 320 valence electrons. The van der Waals surface area contributed by atoms with Gasteiger partial charge in [-0.25, -0.2) is 0 Å². The highest BCUT2D eigenvalue weighted by Crippen LogP contribution is 2.55. The van der Waals surface area contributed by atoms with Gasteiger partial charge in [-0.2, -0.15) is 0 Å². The third kappa shape index (κ3) is 5.64. The predicted octanol–water partition coefficient (Wildman–Crippen LogP) is 18.1.